The molecule has 2 atom stereocenters. The molecule has 1 aliphatic carbocycles. The molecule has 12 aromatic rings. The molecule has 5 nitrogen and oxygen atoms in total. The van der Waals surface area contributed by atoms with E-state index >= 15 is 0 Å². The van der Waals surface area contributed by atoms with E-state index in [9.17, 15) is 0 Å². The van der Waals surface area contributed by atoms with Gasteiger partial charge in [-0.1, -0.05) is 152 Å². The van der Waals surface area contributed by atoms with Gasteiger partial charge in [-0.3, -0.25) is 4.57 Å². The summed E-state index contributed by atoms with van der Waals surface area (Å²) in [4.78, 5) is 13.4. The molecule has 65 heavy (non-hydrogen) atoms. The molecule has 1 aliphatic heterocycles. The van der Waals surface area contributed by atoms with Gasteiger partial charge in [-0.25, -0.2) is 9.97 Å². The van der Waals surface area contributed by atoms with Gasteiger partial charge in [0.25, 0.3) is 0 Å². The lowest BCUT2D eigenvalue weighted by atomic mass is 9.77. The smallest absolute Gasteiger partial charge is 0.235 e. The van der Waals surface area contributed by atoms with E-state index in [1.54, 1.807) is 0 Å². The lowest BCUT2D eigenvalue weighted by Crippen LogP contribution is -2.25. The molecular formula is C60H39N5. The van der Waals surface area contributed by atoms with Gasteiger partial charge in [0, 0.05) is 55.5 Å². The van der Waals surface area contributed by atoms with Crippen LogP contribution in [0.15, 0.2) is 224 Å². The Kier molecular flexibility index (Phi) is 7.74. The second-order valence-electron chi connectivity index (χ2n) is 17.3. The van der Waals surface area contributed by atoms with Gasteiger partial charge in [0.15, 0.2) is 0 Å². The molecule has 2 aliphatic rings. The predicted octanol–water partition coefficient (Wildman–Crippen LogP) is 14.9. The number of hydrogen-bond donors (Lipinski definition) is 0. The van der Waals surface area contributed by atoms with Crippen molar-refractivity contribution < 1.29 is 0 Å². The van der Waals surface area contributed by atoms with E-state index in [0.29, 0.717) is 5.95 Å². The lowest BCUT2D eigenvalue weighted by molar-refractivity contribution is 0.665. The Morgan fingerprint density at radius 1 is 0.385 bits per heavy atom. The molecular weight excluding hydrogens is 791 g/mol. The zero-order valence-corrected chi connectivity index (χ0v) is 35.3. The number of aromatic nitrogens is 4. The number of fused-ring (bicyclic) bond motifs is 12. The predicted molar refractivity (Wildman–Crippen MR) is 268 cm³/mol. The highest BCUT2D eigenvalue weighted by Gasteiger charge is 2.43. The molecule has 0 fully saturated rings. The Bertz CT molecular complexity index is 3920. The summed E-state index contributed by atoms with van der Waals surface area (Å²) in [5.74, 6) is 0.838. The molecule has 0 saturated carbocycles. The zero-order valence-electron chi connectivity index (χ0n) is 35.3. The van der Waals surface area contributed by atoms with Crippen molar-refractivity contribution in [3.05, 3.63) is 247 Å². The van der Waals surface area contributed by atoms with E-state index in [1.807, 2.05) is 0 Å². The first-order chi connectivity index (χ1) is 32.3. The van der Waals surface area contributed by atoms with Crippen LogP contribution in [0.5, 0.6) is 0 Å². The van der Waals surface area contributed by atoms with Gasteiger partial charge >= 0.3 is 0 Å². The maximum absolute atomic E-state index is 5.53. The minimum atomic E-state index is 0.155. The van der Waals surface area contributed by atoms with E-state index in [-0.39, 0.29) is 12.0 Å². The molecule has 0 N–H and O–H groups in total. The molecule has 3 aromatic heterocycles. The Morgan fingerprint density at radius 3 is 1.71 bits per heavy atom. The molecule has 14 rings (SSSR count). The van der Waals surface area contributed by atoms with Gasteiger partial charge in [0.1, 0.15) is 0 Å². The molecule has 0 spiro atoms. The van der Waals surface area contributed by atoms with E-state index in [0.717, 1.165) is 44.4 Å². The molecule has 0 amide bonds. The third-order valence-corrected chi connectivity index (χ3v) is 13.9. The Balaban J connectivity index is 0.943. The summed E-state index contributed by atoms with van der Waals surface area (Å²) in [7, 11) is 0. The maximum atomic E-state index is 5.53. The monoisotopic (exact) mass is 829 g/mol. The SMILES string of the molecule is C1=C(c2ccc3c(c2)c2ccccc2n3-c2nc(-c3ccc4c(c3)c3ccccc3n4-c3ccccc3)c3ccccc3n2)c2ccccc2C2C1c1ccccc1N2c1ccccc1. The first-order valence-electron chi connectivity index (χ1n) is 22.4. The highest BCUT2D eigenvalue weighted by Crippen LogP contribution is 2.57. The van der Waals surface area contributed by atoms with Gasteiger partial charge < -0.3 is 9.47 Å². The fourth-order valence-corrected chi connectivity index (χ4v) is 11.1. The van der Waals surface area contributed by atoms with Crippen molar-refractivity contribution in [1.29, 1.82) is 0 Å². The number of para-hydroxylation sites is 6. The van der Waals surface area contributed by atoms with Crippen LogP contribution in [0.25, 0.3) is 83.0 Å². The van der Waals surface area contributed by atoms with E-state index in [4.69, 9.17) is 9.97 Å². The van der Waals surface area contributed by atoms with Gasteiger partial charge in [-0.05, 0) is 101 Å². The van der Waals surface area contributed by atoms with Gasteiger partial charge in [0.2, 0.25) is 5.95 Å². The maximum Gasteiger partial charge on any atom is 0.235 e. The zero-order chi connectivity index (χ0) is 42.6. The average molecular weight is 830 g/mol. The minimum Gasteiger partial charge on any atom is -0.333 e. The van der Waals surface area contributed by atoms with E-state index in [1.165, 1.54) is 66.3 Å². The number of benzene rings is 9. The third kappa shape index (κ3) is 5.33. The van der Waals surface area contributed by atoms with Gasteiger partial charge in [0.05, 0.1) is 39.3 Å². The van der Waals surface area contributed by atoms with Crippen LogP contribution in [-0.4, -0.2) is 19.1 Å². The lowest BCUT2D eigenvalue weighted by Gasteiger charge is -2.35. The summed E-state index contributed by atoms with van der Waals surface area (Å²) >= 11 is 0. The summed E-state index contributed by atoms with van der Waals surface area (Å²) in [6.07, 6.45) is 2.53. The Hall–Kier alpha value is -8.54. The first-order valence-corrected chi connectivity index (χ1v) is 22.4. The number of nitrogens with zero attached hydrogens (tertiary/aromatic N) is 5. The fourth-order valence-electron chi connectivity index (χ4n) is 11.1. The molecule has 304 valence electrons. The van der Waals surface area contributed by atoms with Crippen molar-refractivity contribution in [3.8, 4) is 22.9 Å². The van der Waals surface area contributed by atoms with Crippen molar-refractivity contribution in [3.63, 3.8) is 0 Å². The second kappa shape index (κ2) is 14.0. The first kappa shape index (κ1) is 36.0. The highest BCUT2D eigenvalue weighted by atomic mass is 15.2. The van der Waals surface area contributed by atoms with Crippen LogP contribution in [-0.2, 0) is 0 Å². The summed E-state index contributed by atoms with van der Waals surface area (Å²) in [5, 5.41) is 5.76. The van der Waals surface area contributed by atoms with Crippen molar-refractivity contribution in [1.82, 2.24) is 19.1 Å². The number of hydrogen-bond acceptors (Lipinski definition) is 3. The molecule has 5 heteroatoms. The molecule has 9 aromatic carbocycles. The quantitative estimate of drug-likeness (QED) is 0.173. The standard InChI is InChI=1S/C60H39N5/c1-3-17-40(18-4-1)63-53-28-14-10-22-43(53)50-36-39(32-34-56(50)63)58-47-26-9-13-27-52(47)61-60(62-58)65-55-30-16-11-23-44(55)49-35-38(31-33-57(49)65)48-37-51-45-24-12-15-29-54(45)64(41-19-5-2-6-20-41)59(51)46-25-8-7-21-42(46)48/h1-37,51,59H. The fraction of sp³-hybridized carbons (Fsp3) is 0.0333. The van der Waals surface area contributed by atoms with E-state index in [2.05, 4.69) is 238 Å². The summed E-state index contributed by atoms with van der Waals surface area (Å²) in [5.41, 5.74) is 17.4. The van der Waals surface area contributed by atoms with Crippen LogP contribution in [0, 0.1) is 0 Å². The minimum absolute atomic E-state index is 0.155. The normalized spacial score (nSPS) is 15.4. The molecule has 0 radical (unpaired) electrons. The molecule has 0 bridgehead atoms. The molecule has 0 saturated heterocycles. The van der Waals surface area contributed by atoms with Crippen LogP contribution in [0.3, 0.4) is 0 Å². The Morgan fingerprint density at radius 2 is 0.938 bits per heavy atom. The van der Waals surface area contributed by atoms with Crippen LogP contribution >= 0.6 is 0 Å². The van der Waals surface area contributed by atoms with Crippen LogP contribution in [0.4, 0.5) is 11.4 Å². The van der Waals surface area contributed by atoms with Crippen LogP contribution in [0.2, 0.25) is 0 Å². The number of anilines is 2. The second-order valence-corrected chi connectivity index (χ2v) is 17.3. The summed E-state index contributed by atoms with van der Waals surface area (Å²) < 4.78 is 4.62. The average Bonchev–Trinajstić information content (AvgIpc) is 4.02. The van der Waals surface area contributed by atoms with Crippen molar-refractivity contribution >= 4 is 71.5 Å². The van der Waals surface area contributed by atoms with Crippen molar-refractivity contribution in [2.24, 2.45) is 0 Å². The van der Waals surface area contributed by atoms with Gasteiger partial charge in [-0.2, -0.15) is 0 Å². The summed E-state index contributed by atoms with van der Waals surface area (Å²) in [6, 6.07) is 79.1. The molecule has 4 heterocycles. The molecule has 2 unspecified atom stereocenters. The Labute approximate surface area is 375 Å². The highest BCUT2D eigenvalue weighted by molar-refractivity contribution is 6.12. The third-order valence-electron chi connectivity index (χ3n) is 13.9. The van der Waals surface area contributed by atoms with Crippen molar-refractivity contribution in [2.75, 3.05) is 4.90 Å². The van der Waals surface area contributed by atoms with Crippen LogP contribution < -0.4 is 4.90 Å². The van der Waals surface area contributed by atoms with Crippen LogP contribution in [0.1, 0.15) is 34.2 Å². The van der Waals surface area contributed by atoms with Gasteiger partial charge in [-0.15, -0.1) is 0 Å². The number of rotatable bonds is 5. The summed E-state index contributed by atoms with van der Waals surface area (Å²) in [6.45, 7) is 0. The van der Waals surface area contributed by atoms with Crippen molar-refractivity contribution in [2.45, 2.75) is 12.0 Å². The largest absolute Gasteiger partial charge is 0.333 e. The topological polar surface area (TPSA) is 38.9 Å². The van der Waals surface area contributed by atoms with E-state index < -0.39 is 0 Å².